The second-order valence-electron chi connectivity index (χ2n) is 7.94. The molecule has 1 aromatic heterocycles. The first-order chi connectivity index (χ1) is 16.0. The van der Waals surface area contributed by atoms with Gasteiger partial charge in [-0.15, -0.1) is 0 Å². The van der Waals surface area contributed by atoms with Crippen molar-refractivity contribution in [2.75, 3.05) is 4.90 Å². The lowest BCUT2D eigenvalue weighted by Gasteiger charge is -2.28. The summed E-state index contributed by atoms with van der Waals surface area (Å²) in [4.78, 5) is 42.8. The lowest BCUT2D eigenvalue weighted by molar-refractivity contribution is -0.189. The molecule has 188 valence electrons. The van der Waals surface area contributed by atoms with Crippen molar-refractivity contribution in [2.45, 2.75) is 49.4 Å². The first kappa shape index (κ1) is 26.3. The van der Waals surface area contributed by atoms with Gasteiger partial charge < -0.3 is 9.64 Å². The minimum atomic E-state index is -5.48. The number of imide groups is 1. The molecule has 1 aliphatic heterocycles. The van der Waals surface area contributed by atoms with Crippen LogP contribution in [0.3, 0.4) is 0 Å². The number of benzene rings is 1. The van der Waals surface area contributed by atoms with Crippen molar-refractivity contribution in [3.8, 4) is 5.75 Å². The van der Waals surface area contributed by atoms with E-state index < -0.39 is 63.2 Å². The Morgan fingerprint density at radius 2 is 1.77 bits per heavy atom. The standard InChI is InChI=1S/C21H17F6N3O4S/c1-11-9-28-7-6-12(11)10-29-18(33)30(16(31)19(29,2)3)14-5-4-13(35-21(25,26)27)8-15(14)34-17(32)20(22,23)24/h4-9H,10H2,1-3H3. The van der Waals surface area contributed by atoms with Crippen LogP contribution in [-0.2, 0) is 16.1 Å². The summed E-state index contributed by atoms with van der Waals surface area (Å²) in [7, 11) is 0. The van der Waals surface area contributed by atoms with Crippen molar-refractivity contribution in [2.24, 2.45) is 0 Å². The maximum atomic E-state index is 13.3. The van der Waals surface area contributed by atoms with Crippen LogP contribution in [0.2, 0.25) is 0 Å². The lowest BCUT2D eigenvalue weighted by Crippen LogP contribution is -2.43. The van der Waals surface area contributed by atoms with Gasteiger partial charge in [-0.3, -0.25) is 9.78 Å². The molecule has 2 heterocycles. The van der Waals surface area contributed by atoms with Crippen molar-refractivity contribution in [3.05, 3.63) is 47.8 Å². The topological polar surface area (TPSA) is 79.8 Å². The molecule has 1 fully saturated rings. The summed E-state index contributed by atoms with van der Waals surface area (Å²) in [6.07, 6.45) is -2.47. The summed E-state index contributed by atoms with van der Waals surface area (Å²) in [5.41, 5.74) is -5.55. The predicted molar refractivity (Wildman–Crippen MR) is 112 cm³/mol. The van der Waals surface area contributed by atoms with Gasteiger partial charge in [-0.2, -0.15) is 26.3 Å². The van der Waals surface area contributed by atoms with Gasteiger partial charge in [0.05, 0.1) is 5.69 Å². The molecular weight excluding hydrogens is 504 g/mol. The molecule has 35 heavy (non-hydrogen) atoms. The van der Waals surface area contributed by atoms with Gasteiger partial charge in [-0.1, -0.05) is 0 Å². The fourth-order valence-corrected chi connectivity index (χ4v) is 3.85. The Morgan fingerprint density at radius 1 is 1.11 bits per heavy atom. The number of alkyl halides is 6. The highest BCUT2D eigenvalue weighted by atomic mass is 32.2. The van der Waals surface area contributed by atoms with E-state index in [4.69, 9.17) is 0 Å². The maximum Gasteiger partial charge on any atom is 0.491 e. The van der Waals surface area contributed by atoms with E-state index in [0.29, 0.717) is 22.1 Å². The summed E-state index contributed by atoms with van der Waals surface area (Å²) in [5, 5.41) is 0. The van der Waals surface area contributed by atoms with E-state index in [1.807, 2.05) is 0 Å². The van der Waals surface area contributed by atoms with Crippen molar-refractivity contribution in [1.29, 1.82) is 0 Å². The van der Waals surface area contributed by atoms with E-state index >= 15 is 0 Å². The summed E-state index contributed by atoms with van der Waals surface area (Å²) in [6, 6.07) is 2.84. The summed E-state index contributed by atoms with van der Waals surface area (Å²) >= 11 is -0.671. The Kier molecular flexibility index (Phi) is 6.81. The summed E-state index contributed by atoms with van der Waals surface area (Å²) in [6.45, 7) is 4.46. The van der Waals surface area contributed by atoms with Gasteiger partial charge in [0.1, 0.15) is 5.54 Å². The molecule has 0 bridgehead atoms. The highest BCUT2D eigenvalue weighted by molar-refractivity contribution is 8.00. The number of hydrogen-bond donors (Lipinski definition) is 0. The molecule has 14 heteroatoms. The number of carbonyl (C=O) groups excluding carboxylic acids is 3. The number of nitrogens with zero attached hydrogens (tertiary/aromatic N) is 3. The van der Waals surface area contributed by atoms with Gasteiger partial charge >= 0.3 is 23.7 Å². The lowest BCUT2D eigenvalue weighted by atomic mass is 10.0. The Bertz CT molecular complexity index is 1180. The molecule has 0 aliphatic carbocycles. The molecule has 1 saturated heterocycles. The molecule has 0 atom stereocenters. The summed E-state index contributed by atoms with van der Waals surface area (Å²) in [5.74, 6) is -4.63. The Hall–Kier alpha value is -3.29. The number of hydrogen-bond acceptors (Lipinski definition) is 6. The quantitative estimate of drug-likeness (QED) is 0.177. The molecule has 2 aromatic rings. The molecular formula is C21H17F6N3O4S. The number of amides is 3. The van der Waals surface area contributed by atoms with Gasteiger partial charge in [0, 0.05) is 23.8 Å². The maximum absolute atomic E-state index is 13.3. The van der Waals surface area contributed by atoms with Crippen molar-refractivity contribution in [3.63, 3.8) is 0 Å². The number of aryl methyl sites for hydroxylation is 1. The SMILES string of the molecule is Cc1cnccc1CN1C(=O)N(c2ccc(SC(F)(F)F)cc2OC(=O)C(F)(F)F)C(=O)C1(C)C. The van der Waals surface area contributed by atoms with Gasteiger partial charge in [0.15, 0.2) is 5.75 Å². The molecule has 3 rings (SSSR count). The molecule has 1 aromatic carbocycles. The zero-order valence-corrected chi connectivity index (χ0v) is 19.1. The molecule has 7 nitrogen and oxygen atoms in total. The number of halogens is 6. The third-order valence-corrected chi connectivity index (χ3v) is 5.85. The first-order valence-corrected chi connectivity index (χ1v) is 10.6. The number of aromatic nitrogens is 1. The first-order valence-electron chi connectivity index (χ1n) is 9.77. The molecule has 0 saturated carbocycles. The van der Waals surface area contributed by atoms with E-state index in [2.05, 4.69) is 9.72 Å². The number of rotatable bonds is 5. The zero-order valence-electron chi connectivity index (χ0n) is 18.3. The number of carbonyl (C=O) groups is 3. The van der Waals surface area contributed by atoms with Gasteiger partial charge in [-0.05, 0) is 67.9 Å². The highest BCUT2D eigenvalue weighted by Crippen LogP contribution is 2.43. The van der Waals surface area contributed by atoms with Crippen LogP contribution < -0.4 is 9.64 Å². The second kappa shape index (κ2) is 9.06. The average molecular weight is 521 g/mol. The fourth-order valence-electron chi connectivity index (χ4n) is 3.28. The van der Waals surface area contributed by atoms with Crippen LogP contribution in [0, 0.1) is 6.92 Å². The van der Waals surface area contributed by atoms with E-state index in [-0.39, 0.29) is 6.54 Å². The molecule has 0 N–H and O–H groups in total. The smallest absolute Gasteiger partial charge is 0.418 e. The van der Waals surface area contributed by atoms with E-state index in [9.17, 15) is 40.7 Å². The third-order valence-electron chi connectivity index (χ3n) is 5.13. The third kappa shape index (κ3) is 5.52. The van der Waals surface area contributed by atoms with Crippen molar-refractivity contribution < 1.29 is 45.5 Å². The van der Waals surface area contributed by atoms with Gasteiger partial charge in [0.2, 0.25) is 0 Å². The minimum absolute atomic E-state index is 0.0674. The minimum Gasteiger partial charge on any atom is -0.418 e. The number of anilines is 1. The van der Waals surface area contributed by atoms with Crippen LogP contribution in [0.5, 0.6) is 5.75 Å². The van der Waals surface area contributed by atoms with Crippen molar-refractivity contribution >= 4 is 35.4 Å². The highest BCUT2D eigenvalue weighted by Gasteiger charge is 2.53. The van der Waals surface area contributed by atoms with Crippen LogP contribution in [0.4, 0.5) is 36.8 Å². The normalized spacial score (nSPS) is 16.1. The van der Waals surface area contributed by atoms with E-state index in [1.165, 1.54) is 26.2 Å². The van der Waals surface area contributed by atoms with Crippen LogP contribution >= 0.6 is 11.8 Å². The zero-order chi connectivity index (χ0) is 26.3. The predicted octanol–water partition coefficient (Wildman–Crippen LogP) is 5.22. The molecule has 0 unspecified atom stereocenters. The Labute approximate surface area is 199 Å². The monoisotopic (exact) mass is 521 g/mol. The van der Waals surface area contributed by atoms with Gasteiger partial charge in [0.25, 0.3) is 5.91 Å². The summed E-state index contributed by atoms with van der Waals surface area (Å²) < 4.78 is 81.1. The molecule has 0 spiro atoms. The molecule has 0 radical (unpaired) electrons. The fraction of sp³-hybridized carbons (Fsp3) is 0.333. The largest absolute Gasteiger partial charge is 0.491 e. The number of urea groups is 1. The van der Waals surface area contributed by atoms with Crippen LogP contribution in [0.15, 0.2) is 41.6 Å². The Morgan fingerprint density at radius 3 is 2.34 bits per heavy atom. The average Bonchev–Trinajstić information content (AvgIpc) is 2.88. The molecule has 3 amide bonds. The number of esters is 1. The van der Waals surface area contributed by atoms with E-state index in [0.717, 1.165) is 17.0 Å². The van der Waals surface area contributed by atoms with Crippen LogP contribution in [0.1, 0.15) is 25.0 Å². The van der Waals surface area contributed by atoms with Crippen LogP contribution in [0.25, 0.3) is 0 Å². The van der Waals surface area contributed by atoms with E-state index in [1.54, 1.807) is 13.0 Å². The Balaban J connectivity index is 2.06. The van der Waals surface area contributed by atoms with Gasteiger partial charge in [-0.25, -0.2) is 14.5 Å². The van der Waals surface area contributed by atoms with Crippen molar-refractivity contribution in [1.82, 2.24) is 9.88 Å². The second-order valence-corrected chi connectivity index (χ2v) is 9.07. The van der Waals surface area contributed by atoms with Crippen LogP contribution in [-0.4, -0.2) is 45.0 Å². The number of pyridine rings is 1. The number of thioether (sulfide) groups is 1. The molecule has 1 aliphatic rings. The number of ether oxygens (including phenoxy) is 1.